The smallest absolute Gasteiger partial charge is 0.0145 e. The Morgan fingerprint density at radius 2 is 2.36 bits per heavy atom. The molecule has 0 saturated heterocycles. The lowest BCUT2D eigenvalue weighted by atomic mass is 10.0. The third kappa shape index (κ3) is 2.27. The molecule has 0 heterocycles. The molecule has 2 aliphatic carbocycles. The summed E-state index contributed by atoms with van der Waals surface area (Å²) in [5.41, 5.74) is 3.35. The predicted molar refractivity (Wildman–Crippen MR) is 61.3 cm³/mol. The van der Waals surface area contributed by atoms with Crippen LogP contribution in [0.25, 0.3) is 0 Å². The molecule has 1 nitrogen and oxygen atoms in total. The van der Waals surface area contributed by atoms with Gasteiger partial charge >= 0.3 is 0 Å². The van der Waals surface area contributed by atoms with Gasteiger partial charge in [0.1, 0.15) is 0 Å². The third-order valence-corrected chi connectivity index (χ3v) is 3.31. The Kier molecular flexibility index (Phi) is 3.41. The van der Waals surface area contributed by atoms with E-state index in [1.807, 2.05) is 0 Å². The summed E-state index contributed by atoms with van der Waals surface area (Å²) in [6, 6.07) is 0.745. The largest absolute Gasteiger partial charge is 0.313 e. The van der Waals surface area contributed by atoms with E-state index >= 15 is 0 Å². The summed E-state index contributed by atoms with van der Waals surface area (Å²) in [5.74, 6) is 0. The Hall–Kier alpha value is -0.560. The highest BCUT2D eigenvalue weighted by atomic mass is 14.9. The molecule has 1 heteroatoms. The molecule has 0 spiro atoms. The maximum Gasteiger partial charge on any atom is 0.0145 e. The second-order valence-electron chi connectivity index (χ2n) is 4.48. The van der Waals surface area contributed by atoms with Gasteiger partial charge in [-0.1, -0.05) is 31.1 Å². The molecule has 0 aromatic heterocycles. The second kappa shape index (κ2) is 4.79. The van der Waals surface area contributed by atoms with E-state index in [1.54, 1.807) is 11.1 Å². The first-order valence-corrected chi connectivity index (χ1v) is 6.01. The Morgan fingerprint density at radius 1 is 1.43 bits per heavy atom. The van der Waals surface area contributed by atoms with Crippen molar-refractivity contribution in [3.63, 3.8) is 0 Å². The number of rotatable bonds is 4. The van der Waals surface area contributed by atoms with E-state index in [4.69, 9.17) is 0 Å². The van der Waals surface area contributed by atoms with E-state index in [0.29, 0.717) is 0 Å². The van der Waals surface area contributed by atoms with Crippen molar-refractivity contribution in [1.29, 1.82) is 0 Å². The maximum atomic E-state index is 3.66. The number of unbranched alkanes of at least 4 members (excludes halogenated alkanes) is 1. The lowest BCUT2D eigenvalue weighted by molar-refractivity contribution is 0.516. The van der Waals surface area contributed by atoms with Gasteiger partial charge in [0.25, 0.3) is 0 Å². The summed E-state index contributed by atoms with van der Waals surface area (Å²) in [7, 11) is 0. The topological polar surface area (TPSA) is 12.0 Å². The molecule has 0 saturated carbocycles. The van der Waals surface area contributed by atoms with Crippen molar-refractivity contribution in [1.82, 2.24) is 5.32 Å². The summed E-state index contributed by atoms with van der Waals surface area (Å²) in [5, 5.41) is 3.66. The third-order valence-electron chi connectivity index (χ3n) is 3.31. The molecule has 0 aliphatic heterocycles. The van der Waals surface area contributed by atoms with Gasteiger partial charge in [-0.3, -0.25) is 0 Å². The van der Waals surface area contributed by atoms with Crippen LogP contribution in [0.1, 0.15) is 45.4 Å². The van der Waals surface area contributed by atoms with Crippen LogP contribution in [0.5, 0.6) is 0 Å². The highest BCUT2D eigenvalue weighted by Gasteiger charge is 2.22. The van der Waals surface area contributed by atoms with Crippen LogP contribution in [-0.4, -0.2) is 12.6 Å². The minimum absolute atomic E-state index is 0.745. The second-order valence-corrected chi connectivity index (χ2v) is 4.48. The van der Waals surface area contributed by atoms with Crippen molar-refractivity contribution in [3.8, 4) is 0 Å². The molecule has 0 fully saturated rings. The SMILES string of the molecule is CCCCNC1CC2=C(CCC=C2)C1. The molecule has 0 radical (unpaired) electrons. The Labute approximate surface area is 87.3 Å². The van der Waals surface area contributed by atoms with Gasteiger partial charge in [0.05, 0.1) is 0 Å². The minimum atomic E-state index is 0.745. The molecule has 0 bridgehead atoms. The van der Waals surface area contributed by atoms with Gasteiger partial charge in [-0.15, -0.1) is 0 Å². The van der Waals surface area contributed by atoms with Crippen molar-refractivity contribution in [3.05, 3.63) is 23.3 Å². The fourth-order valence-corrected chi connectivity index (χ4v) is 2.47. The van der Waals surface area contributed by atoms with Gasteiger partial charge in [0, 0.05) is 6.04 Å². The Balaban J connectivity index is 1.77. The molecule has 78 valence electrons. The molecule has 0 amide bonds. The predicted octanol–water partition coefficient (Wildman–Crippen LogP) is 3.19. The monoisotopic (exact) mass is 191 g/mol. The van der Waals surface area contributed by atoms with Gasteiger partial charge in [0.2, 0.25) is 0 Å². The van der Waals surface area contributed by atoms with Gasteiger partial charge in [-0.05, 0) is 44.2 Å². The van der Waals surface area contributed by atoms with Crippen LogP contribution in [0.3, 0.4) is 0 Å². The van der Waals surface area contributed by atoms with E-state index in [0.717, 1.165) is 6.04 Å². The van der Waals surface area contributed by atoms with Gasteiger partial charge in [0.15, 0.2) is 0 Å². The summed E-state index contributed by atoms with van der Waals surface area (Å²) in [4.78, 5) is 0. The number of hydrogen-bond donors (Lipinski definition) is 1. The van der Waals surface area contributed by atoms with Crippen LogP contribution in [0.2, 0.25) is 0 Å². The quantitative estimate of drug-likeness (QED) is 0.673. The first-order chi connectivity index (χ1) is 6.90. The van der Waals surface area contributed by atoms with Gasteiger partial charge in [-0.2, -0.15) is 0 Å². The number of allylic oxidation sites excluding steroid dienone is 2. The van der Waals surface area contributed by atoms with E-state index in [9.17, 15) is 0 Å². The van der Waals surface area contributed by atoms with E-state index in [1.165, 1.54) is 45.1 Å². The van der Waals surface area contributed by atoms with Gasteiger partial charge < -0.3 is 5.32 Å². The van der Waals surface area contributed by atoms with Crippen LogP contribution in [0.4, 0.5) is 0 Å². The highest BCUT2D eigenvalue weighted by molar-refractivity contribution is 5.35. The highest BCUT2D eigenvalue weighted by Crippen LogP contribution is 2.33. The summed E-state index contributed by atoms with van der Waals surface area (Å²) in [6.07, 6.45) is 12.5. The Morgan fingerprint density at radius 3 is 3.14 bits per heavy atom. The number of nitrogens with one attached hydrogen (secondary N) is 1. The molecular formula is C13H21N. The van der Waals surface area contributed by atoms with Gasteiger partial charge in [-0.25, -0.2) is 0 Å². The molecule has 0 aromatic carbocycles. The normalized spacial score (nSPS) is 25.6. The lowest BCUT2D eigenvalue weighted by Crippen LogP contribution is -2.27. The summed E-state index contributed by atoms with van der Waals surface area (Å²) < 4.78 is 0. The lowest BCUT2D eigenvalue weighted by Gasteiger charge is -2.11. The summed E-state index contributed by atoms with van der Waals surface area (Å²) >= 11 is 0. The molecular weight excluding hydrogens is 170 g/mol. The van der Waals surface area contributed by atoms with Crippen LogP contribution in [0, 0.1) is 0 Å². The minimum Gasteiger partial charge on any atom is -0.313 e. The molecule has 1 atom stereocenters. The van der Waals surface area contributed by atoms with Crippen LogP contribution in [0.15, 0.2) is 23.3 Å². The zero-order valence-corrected chi connectivity index (χ0v) is 9.18. The van der Waals surface area contributed by atoms with Crippen molar-refractivity contribution < 1.29 is 0 Å². The van der Waals surface area contributed by atoms with Crippen LogP contribution >= 0.6 is 0 Å². The summed E-state index contributed by atoms with van der Waals surface area (Å²) in [6.45, 7) is 3.45. The molecule has 1 unspecified atom stereocenters. The number of hydrogen-bond acceptors (Lipinski definition) is 1. The average molecular weight is 191 g/mol. The van der Waals surface area contributed by atoms with Crippen LogP contribution in [-0.2, 0) is 0 Å². The van der Waals surface area contributed by atoms with Crippen LogP contribution < -0.4 is 5.32 Å². The maximum absolute atomic E-state index is 3.66. The first-order valence-electron chi connectivity index (χ1n) is 6.01. The van der Waals surface area contributed by atoms with Crippen molar-refractivity contribution in [2.24, 2.45) is 0 Å². The average Bonchev–Trinajstić information content (AvgIpc) is 2.60. The zero-order valence-electron chi connectivity index (χ0n) is 9.18. The fraction of sp³-hybridized carbons (Fsp3) is 0.692. The molecule has 1 N–H and O–H groups in total. The molecule has 2 rings (SSSR count). The zero-order chi connectivity index (χ0) is 9.80. The molecule has 14 heavy (non-hydrogen) atoms. The fourth-order valence-electron chi connectivity index (χ4n) is 2.47. The first kappa shape index (κ1) is 9.97. The Bertz CT molecular complexity index is 250. The standard InChI is InChI=1S/C13H21N/c1-2-3-8-14-13-9-11-6-4-5-7-12(11)10-13/h4,6,13-14H,2-3,5,7-10H2,1H3. The van der Waals surface area contributed by atoms with Crippen molar-refractivity contribution >= 4 is 0 Å². The van der Waals surface area contributed by atoms with E-state index in [-0.39, 0.29) is 0 Å². The molecule has 0 aromatic rings. The van der Waals surface area contributed by atoms with Crippen molar-refractivity contribution in [2.75, 3.05) is 6.54 Å². The van der Waals surface area contributed by atoms with E-state index < -0.39 is 0 Å². The molecule has 2 aliphatic rings. The van der Waals surface area contributed by atoms with Crippen molar-refractivity contribution in [2.45, 2.75) is 51.5 Å². The van der Waals surface area contributed by atoms with E-state index in [2.05, 4.69) is 24.4 Å².